The van der Waals surface area contributed by atoms with Gasteiger partial charge in [0.15, 0.2) is 11.6 Å². The van der Waals surface area contributed by atoms with Crippen molar-refractivity contribution in [1.29, 1.82) is 0 Å². The van der Waals surface area contributed by atoms with Gasteiger partial charge >= 0.3 is 0 Å². The standard InChI is InChI=1S/C59H94O4.C59H90O4/c2*1-44(2)22-13-23-45(3)24-14-25-46(4)26-15-27-47(5)28-16-29-48(6)30-17-31-49(7)32-18-33-50(8)34-19-35-51(9)36-20-37-52(10)38-21-39-53(11)40-41-55-54(12)58(62)56(42-60)57(43-61)59(55)63/h22,24,26,28,30,32,34,36,38,40,58-63H,13-21,23,25,27,29,31,33,35,37,39,41-43H2,1-12H3;22,24,26,28,30,32,34,36,38,40,60-61H,13-21,23,25,27,29,31,33,35,37,39,41-43H2,1-12H3/b2*45-24+,46-26+,47-28+,48-30+,49-32+,50-34+,51-36+,52-38+,53-40+. The van der Waals surface area contributed by atoms with Crippen molar-refractivity contribution in [3.63, 3.8) is 0 Å². The van der Waals surface area contributed by atoms with E-state index in [1.807, 2.05) is 6.08 Å². The summed E-state index contributed by atoms with van der Waals surface area (Å²) in [7, 11) is 0. The average Bonchev–Trinajstić information content (AvgIpc) is 0.794. The van der Waals surface area contributed by atoms with Gasteiger partial charge in [-0.3, -0.25) is 9.59 Å². The molecule has 0 saturated heterocycles. The molecule has 2 unspecified atom stereocenters. The van der Waals surface area contributed by atoms with Crippen LogP contribution in [0.2, 0.25) is 0 Å². The van der Waals surface area contributed by atoms with Crippen molar-refractivity contribution >= 4 is 11.6 Å². The van der Waals surface area contributed by atoms with Gasteiger partial charge in [0, 0.05) is 22.3 Å². The van der Waals surface area contributed by atoms with Crippen LogP contribution in [-0.2, 0) is 9.59 Å². The Bertz CT molecular complexity index is 4120. The molecule has 8 nitrogen and oxygen atoms in total. The Kier molecular flexibility index (Phi) is 65.6. The zero-order valence-electron chi connectivity index (χ0n) is 84.9. The quantitative estimate of drug-likeness (QED) is 0.0260. The van der Waals surface area contributed by atoms with Gasteiger partial charge < -0.3 is 30.6 Å². The Hall–Kier alpha value is -7.14. The number of carbonyl (C=O) groups is 2. The topological polar surface area (TPSA) is 156 Å². The molecule has 0 heterocycles. The number of allylic oxidation sites excluding steroid dienone is 42. The molecule has 2 atom stereocenters. The first-order chi connectivity index (χ1) is 60.0. The van der Waals surface area contributed by atoms with E-state index in [9.17, 15) is 40.2 Å². The molecule has 0 aliphatic heterocycles. The molecular weight excluding hydrogens is 1550 g/mol. The highest BCUT2D eigenvalue weighted by molar-refractivity contribution is 6.25. The molecule has 0 aromatic carbocycles. The number of hydrogen-bond acceptors (Lipinski definition) is 8. The summed E-state index contributed by atoms with van der Waals surface area (Å²) in [5, 5.41) is 59.8. The molecule has 2 rings (SSSR count). The predicted octanol–water partition coefficient (Wildman–Crippen LogP) is 32.8. The van der Waals surface area contributed by atoms with Crippen molar-refractivity contribution in [2.45, 2.75) is 422 Å². The third-order valence-electron chi connectivity index (χ3n) is 25.0. The average molecular weight is 1730 g/mol. The Morgan fingerprint density at radius 2 is 0.373 bits per heavy atom. The Morgan fingerprint density at radius 3 is 0.556 bits per heavy atom. The van der Waals surface area contributed by atoms with Gasteiger partial charge in [0.2, 0.25) is 0 Å². The second-order valence-corrected chi connectivity index (χ2v) is 38.0. The first-order valence-corrected chi connectivity index (χ1v) is 48.8. The fourth-order valence-corrected chi connectivity index (χ4v) is 15.7. The van der Waals surface area contributed by atoms with E-state index in [0.717, 1.165) is 205 Å². The smallest absolute Gasteiger partial charge is 0.188 e. The van der Waals surface area contributed by atoms with Gasteiger partial charge in [0.1, 0.15) is 0 Å². The summed E-state index contributed by atoms with van der Waals surface area (Å²) in [6.45, 7) is 50.8. The van der Waals surface area contributed by atoms with E-state index in [4.69, 9.17) is 0 Å². The van der Waals surface area contributed by atoms with Crippen LogP contribution in [0.5, 0.6) is 0 Å². The first-order valence-electron chi connectivity index (χ1n) is 48.8. The number of aliphatic hydroxyl groups excluding tert-OH is 6. The van der Waals surface area contributed by atoms with Crippen LogP contribution < -0.4 is 0 Å². The summed E-state index contributed by atoms with van der Waals surface area (Å²) >= 11 is 0. The van der Waals surface area contributed by atoms with E-state index in [2.05, 4.69) is 268 Å². The Morgan fingerprint density at radius 1 is 0.206 bits per heavy atom. The third-order valence-corrected chi connectivity index (χ3v) is 25.0. The van der Waals surface area contributed by atoms with E-state index in [0.29, 0.717) is 46.3 Å². The molecule has 0 aromatic rings. The Labute approximate surface area is 773 Å². The number of Topliss-reactive ketones (excluding diaryl/α,β-unsaturated/α-hetero) is 2. The summed E-state index contributed by atoms with van der Waals surface area (Å²) in [6.07, 6.45) is 86.5. The maximum atomic E-state index is 12.8. The summed E-state index contributed by atoms with van der Waals surface area (Å²) in [5.74, 6) is -0.678. The summed E-state index contributed by atoms with van der Waals surface area (Å²) in [4.78, 5) is 25.4. The highest BCUT2D eigenvalue weighted by atomic mass is 16.3. The summed E-state index contributed by atoms with van der Waals surface area (Å²) in [5.41, 5.74) is 31.9. The molecule has 0 aromatic heterocycles. The molecule has 2 aliphatic carbocycles. The minimum Gasteiger partial charge on any atom is -0.392 e. The van der Waals surface area contributed by atoms with Crippen LogP contribution in [0.1, 0.15) is 410 Å². The van der Waals surface area contributed by atoms with Gasteiger partial charge in [-0.2, -0.15) is 0 Å². The summed E-state index contributed by atoms with van der Waals surface area (Å²) < 4.78 is 0. The van der Waals surface area contributed by atoms with Gasteiger partial charge in [-0.15, -0.1) is 0 Å². The third kappa shape index (κ3) is 56.3. The van der Waals surface area contributed by atoms with Gasteiger partial charge in [0.05, 0.1) is 38.6 Å². The molecule has 0 amide bonds. The first kappa shape index (κ1) is 117. The largest absolute Gasteiger partial charge is 0.392 e. The fraction of sp³-hybridized carbons (Fsp3) is 0.576. The number of aliphatic hydroxyl groups is 6. The normalized spacial score (nSPS) is 17.2. The zero-order chi connectivity index (χ0) is 94.3. The van der Waals surface area contributed by atoms with Crippen LogP contribution in [0.3, 0.4) is 0 Å². The Balaban J connectivity index is 0.00000126. The number of hydrogen-bond donors (Lipinski definition) is 6. The van der Waals surface area contributed by atoms with Gasteiger partial charge in [-0.05, 0) is 432 Å². The molecule has 126 heavy (non-hydrogen) atoms. The minimum absolute atomic E-state index is 0.0156. The molecule has 6 N–H and O–H groups in total. The van der Waals surface area contributed by atoms with Crippen LogP contribution in [0.15, 0.2) is 278 Å². The van der Waals surface area contributed by atoms with Crippen LogP contribution in [0.4, 0.5) is 0 Å². The number of ketones is 2. The van der Waals surface area contributed by atoms with Crippen molar-refractivity contribution in [3.8, 4) is 0 Å². The highest BCUT2D eigenvalue weighted by Gasteiger charge is 2.32. The van der Waals surface area contributed by atoms with Crippen molar-refractivity contribution in [2.75, 3.05) is 26.4 Å². The lowest BCUT2D eigenvalue weighted by Crippen LogP contribution is -2.32. The second kappa shape index (κ2) is 70.7. The van der Waals surface area contributed by atoms with Gasteiger partial charge in [0.25, 0.3) is 0 Å². The molecule has 8 heteroatoms. The maximum Gasteiger partial charge on any atom is 0.188 e. The molecular formula is C118H184O8. The SMILES string of the molecule is CC(C)=CCC/C(C)=C/CC/C(C)=C/CC/C(C)=C/CC/C(C)=C/CC/C(C)=C/CC/C(C)=C/CC/C(C)=C/CC/C(C)=C/CC/C(C)=C/CC1=C(C)C(=O)C(CO)=C(CO)C1=O.CC(C)=CCC/C(C)=C/CC/C(C)=C/CC/C(C)=C/CC/C(C)=C/CC/C(C)=C/CC/C(C)=C/CC/C(C)=C/CC/C(C)=C/CC/C(C)=C/CC1=C(C)C(O)C(CO)=C(CO)C1O. The van der Waals surface area contributed by atoms with Crippen molar-refractivity contribution in [3.05, 3.63) is 278 Å². The molecule has 0 spiro atoms. The van der Waals surface area contributed by atoms with Crippen molar-refractivity contribution < 1.29 is 40.2 Å². The second-order valence-electron chi connectivity index (χ2n) is 38.0. The molecule has 2 aliphatic rings. The highest BCUT2D eigenvalue weighted by Crippen LogP contribution is 2.34. The lowest BCUT2D eigenvalue weighted by molar-refractivity contribution is -0.117. The van der Waals surface area contributed by atoms with E-state index >= 15 is 0 Å². The van der Waals surface area contributed by atoms with Crippen LogP contribution >= 0.6 is 0 Å². The van der Waals surface area contributed by atoms with Crippen molar-refractivity contribution in [2.24, 2.45) is 0 Å². The van der Waals surface area contributed by atoms with E-state index in [-0.39, 0.29) is 35.9 Å². The lowest BCUT2D eigenvalue weighted by atomic mass is 9.81. The van der Waals surface area contributed by atoms with Crippen molar-refractivity contribution in [1.82, 2.24) is 0 Å². The number of carbonyl (C=O) groups excluding carboxylic acids is 2. The maximum absolute atomic E-state index is 12.8. The molecule has 0 fully saturated rings. The van der Waals surface area contributed by atoms with E-state index < -0.39 is 25.4 Å². The van der Waals surface area contributed by atoms with E-state index in [1.165, 1.54) is 138 Å². The lowest BCUT2D eigenvalue weighted by Gasteiger charge is -2.31. The summed E-state index contributed by atoms with van der Waals surface area (Å²) in [6, 6.07) is 0. The molecule has 704 valence electrons. The number of rotatable bonds is 62. The van der Waals surface area contributed by atoms with Crippen LogP contribution in [0, 0.1) is 0 Å². The molecule has 0 bridgehead atoms. The van der Waals surface area contributed by atoms with Crippen LogP contribution in [-0.4, -0.2) is 80.8 Å². The molecule has 0 radical (unpaired) electrons. The minimum atomic E-state index is -0.967. The predicted molar refractivity (Wildman–Crippen MR) is 552 cm³/mol. The van der Waals surface area contributed by atoms with Crippen LogP contribution in [0.25, 0.3) is 0 Å². The molecule has 0 saturated carbocycles. The monoisotopic (exact) mass is 1730 g/mol. The fourth-order valence-electron chi connectivity index (χ4n) is 15.7. The van der Waals surface area contributed by atoms with Gasteiger partial charge in [-0.25, -0.2) is 0 Å². The zero-order valence-corrected chi connectivity index (χ0v) is 84.9. The van der Waals surface area contributed by atoms with Gasteiger partial charge in [-0.1, -0.05) is 233 Å². The van der Waals surface area contributed by atoms with E-state index in [1.54, 1.807) is 13.8 Å².